The Morgan fingerprint density at radius 3 is 2.69 bits per heavy atom. The smallest absolute Gasteiger partial charge is 0.301 e. The molecule has 0 saturated carbocycles. The maximum atomic E-state index is 11.7. The van der Waals surface area contributed by atoms with E-state index in [0.717, 1.165) is 47.7 Å². The van der Waals surface area contributed by atoms with Crippen LogP contribution in [-0.2, 0) is 6.42 Å². The number of nitrogens with zero attached hydrogens (tertiary/aromatic N) is 4. The van der Waals surface area contributed by atoms with Gasteiger partial charge in [-0.2, -0.15) is 5.10 Å². The molecule has 0 fully saturated rings. The zero-order chi connectivity index (χ0) is 22.7. The second-order valence-corrected chi connectivity index (χ2v) is 8.52. The Morgan fingerprint density at radius 2 is 1.97 bits per heavy atom. The number of methoxy groups -OCH3 is 2. The number of fused-ring (bicyclic) bond motifs is 1. The lowest BCUT2D eigenvalue weighted by Gasteiger charge is -2.33. The number of benzene rings is 2. The summed E-state index contributed by atoms with van der Waals surface area (Å²) in [6.45, 7) is 3.63. The van der Waals surface area contributed by atoms with Gasteiger partial charge in [-0.3, -0.25) is 9.79 Å². The van der Waals surface area contributed by atoms with Crippen LogP contribution in [0.1, 0.15) is 30.0 Å². The molecular weight excluding hydrogens is 424 g/mol. The molecule has 0 saturated heterocycles. The first-order valence-electron chi connectivity index (χ1n) is 10.7. The molecule has 0 radical (unpaired) electrons. The molecule has 7 nitrogen and oxygen atoms in total. The van der Waals surface area contributed by atoms with Gasteiger partial charge in [-0.05, 0) is 61.2 Å². The monoisotopic (exact) mass is 452 g/mol. The summed E-state index contributed by atoms with van der Waals surface area (Å²) >= 11 is 1.29. The number of ether oxygens (including phenoxy) is 2. The molecule has 2 aliphatic heterocycles. The second-order valence-electron chi connectivity index (χ2n) is 7.59. The van der Waals surface area contributed by atoms with E-state index in [-0.39, 0.29) is 5.24 Å². The van der Waals surface area contributed by atoms with Gasteiger partial charge in [0.25, 0.3) is 0 Å². The van der Waals surface area contributed by atoms with Crippen LogP contribution in [0.2, 0.25) is 0 Å². The molecule has 0 N–H and O–H groups in total. The van der Waals surface area contributed by atoms with E-state index in [2.05, 4.69) is 28.2 Å². The van der Waals surface area contributed by atoms with Crippen molar-refractivity contribution in [3.05, 3.63) is 53.1 Å². The molecule has 2 heterocycles. The third-order valence-electron chi connectivity index (χ3n) is 5.60. The number of aryl methyl sites for hydroxylation is 1. The number of aliphatic imine (C=N–C) groups is 1. The lowest BCUT2D eigenvalue weighted by Crippen LogP contribution is -2.36. The fraction of sp³-hybridized carbons (Fsp3) is 0.375. The normalized spacial score (nSPS) is 16.6. The van der Waals surface area contributed by atoms with Crippen LogP contribution in [0.4, 0.5) is 10.5 Å². The highest BCUT2D eigenvalue weighted by Crippen LogP contribution is 2.33. The fourth-order valence-corrected chi connectivity index (χ4v) is 4.78. The number of carbonyl (C=O) groups excluding carboxylic acids is 1. The Bertz CT molecular complexity index is 1080. The number of hydrogen-bond acceptors (Lipinski definition) is 6. The van der Waals surface area contributed by atoms with Crippen LogP contribution in [0.25, 0.3) is 0 Å². The average molecular weight is 453 g/mol. The summed E-state index contributed by atoms with van der Waals surface area (Å²) in [5.74, 6) is 2.91. The number of amides is 1. The summed E-state index contributed by atoms with van der Waals surface area (Å²) in [4.78, 5) is 18.9. The van der Waals surface area contributed by atoms with Crippen molar-refractivity contribution in [3.63, 3.8) is 0 Å². The van der Waals surface area contributed by atoms with Gasteiger partial charge in [-0.15, -0.1) is 0 Å². The van der Waals surface area contributed by atoms with Gasteiger partial charge >= 0.3 is 5.24 Å². The van der Waals surface area contributed by atoms with Gasteiger partial charge in [0.1, 0.15) is 5.84 Å². The minimum Gasteiger partial charge on any atom is -0.493 e. The van der Waals surface area contributed by atoms with E-state index in [0.29, 0.717) is 23.8 Å². The molecule has 1 amide bonds. The third-order valence-corrected chi connectivity index (χ3v) is 6.53. The van der Waals surface area contributed by atoms with Crippen LogP contribution in [0.15, 0.2) is 46.5 Å². The lowest BCUT2D eigenvalue weighted by molar-refractivity contribution is 0.235. The Labute approximate surface area is 193 Å². The number of amidine groups is 1. The molecule has 0 unspecified atom stereocenters. The van der Waals surface area contributed by atoms with Gasteiger partial charge in [-0.25, -0.2) is 5.01 Å². The lowest BCUT2D eigenvalue weighted by atomic mass is 9.97. The van der Waals surface area contributed by atoms with Crippen molar-refractivity contribution in [1.82, 2.24) is 5.01 Å². The van der Waals surface area contributed by atoms with E-state index < -0.39 is 0 Å². The standard InChI is InChI=1S/C24H28N4O3S/c1-5-25-23(18-9-11-21(30-3)22(14-18)31-4)28-12-6-7-17-13-16(8-10-20(17)28)19-15-32-24(29)27(2)26-19/h8-11,13-14H,5-7,12,15H2,1-4H3/b25-23-. The highest BCUT2D eigenvalue weighted by Gasteiger charge is 2.25. The van der Waals surface area contributed by atoms with E-state index in [1.54, 1.807) is 21.3 Å². The predicted molar refractivity (Wildman–Crippen MR) is 131 cm³/mol. The first-order chi connectivity index (χ1) is 15.5. The summed E-state index contributed by atoms with van der Waals surface area (Å²) in [5.41, 5.74) is 5.42. The van der Waals surface area contributed by atoms with Crippen molar-refractivity contribution in [2.24, 2.45) is 10.1 Å². The molecular formula is C24H28N4O3S. The van der Waals surface area contributed by atoms with Crippen LogP contribution < -0.4 is 14.4 Å². The number of hydrazone groups is 1. The molecule has 2 aromatic rings. The molecule has 0 bridgehead atoms. The minimum atomic E-state index is -0.0202. The van der Waals surface area contributed by atoms with Crippen LogP contribution in [-0.4, -0.2) is 61.9 Å². The SMILES string of the molecule is CC/N=C(/c1ccc(OC)c(OC)c1)N1CCCc2cc(C3=NN(C)C(=O)SC3)ccc21. The highest BCUT2D eigenvalue weighted by atomic mass is 32.2. The number of anilines is 1. The predicted octanol–water partition coefficient (Wildman–Crippen LogP) is 4.43. The van der Waals surface area contributed by atoms with Crippen molar-refractivity contribution in [3.8, 4) is 11.5 Å². The fourth-order valence-electron chi connectivity index (χ4n) is 4.07. The van der Waals surface area contributed by atoms with Crippen molar-refractivity contribution >= 4 is 34.2 Å². The van der Waals surface area contributed by atoms with Crippen molar-refractivity contribution in [2.75, 3.05) is 45.0 Å². The third kappa shape index (κ3) is 4.32. The van der Waals surface area contributed by atoms with Crippen LogP contribution in [0, 0.1) is 0 Å². The Morgan fingerprint density at radius 1 is 1.16 bits per heavy atom. The van der Waals surface area contributed by atoms with Gasteiger partial charge in [0.05, 0.1) is 19.9 Å². The van der Waals surface area contributed by atoms with E-state index in [4.69, 9.17) is 14.5 Å². The molecule has 4 rings (SSSR count). The average Bonchev–Trinajstić information content (AvgIpc) is 2.83. The minimum absolute atomic E-state index is 0.0202. The molecule has 0 aromatic heterocycles. The molecule has 32 heavy (non-hydrogen) atoms. The van der Waals surface area contributed by atoms with E-state index >= 15 is 0 Å². The van der Waals surface area contributed by atoms with Crippen molar-refractivity contribution < 1.29 is 14.3 Å². The first-order valence-corrected chi connectivity index (χ1v) is 11.7. The van der Waals surface area contributed by atoms with Crippen molar-refractivity contribution in [1.29, 1.82) is 0 Å². The summed E-state index contributed by atoms with van der Waals surface area (Å²) < 4.78 is 10.9. The molecule has 2 aliphatic rings. The van der Waals surface area contributed by atoms with E-state index in [9.17, 15) is 4.79 Å². The molecule has 168 valence electrons. The van der Waals surface area contributed by atoms with Gasteiger partial charge in [-0.1, -0.05) is 17.8 Å². The van der Waals surface area contributed by atoms with Crippen LogP contribution >= 0.6 is 11.8 Å². The van der Waals surface area contributed by atoms with E-state index in [1.807, 2.05) is 25.1 Å². The first kappa shape index (κ1) is 22.2. The molecule has 2 aromatic carbocycles. The Hall–Kier alpha value is -3.00. The van der Waals surface area contributed by atoms with Gasteiger partial charge < -0.3 is 14.4 Å². The second kappa shape index (κ2) is 9.65. The molecule has 8 heteroatoms. The number of rotatable bonds is 5. The van der Waals surface area contributed by atoms with Crippen LogP contribution in [0.5, 0.6) is 11.5 Å². The number of thioether (sulfide) groups is 1. The largest absolute Gasteiger partial charge is 0.493 e. The highest BCUT2D eigenvalue weighted by molar-refractivity contribution is 8.14. The summed E-state index contributed by atoms with van der Waals surface area (Å²) in [7, 11) is 4.98. The topological polar surface area (TPSA) is 66.7 Å². The quantitative estimate of drug-likeness (QED) is 0.496. The number of hydrogen-bond donors (Lipinski definition) is 0. The Balaban J connectivity index is 1.70. The summed E-state index contributed by atoms with van der Waals surface area (Å²) in [5, 5.41) is 5.86. The maximum Gasteiger partial charge on any atom is 0.301 e. The van der Waals surface area contributed by atoms with Crippen LogP contribution in [0.3, 0.4) is 0 Å². The summed E-state index contributed by atoms with van der Waals surface area (Å²) in [6.07, 6.45) is 2.03. The zero-order valence-electron chi connectivity index (χ0n) is 18.9. The molecule has 0 spiro atoms. The molecule has 0 aliphatic carbocycles. The molecule has 0 atom stereocenters. The summed E-state index contributed by atoms with van der Waals surface area (Å²) in [6, 6.07) is 12.4. The van der Waals surface area contributed by atoms with Gasteiger partial charge in [0.2, 0.25) is 0 Å². The van der Waals surface area contributed by atoms with E-state index in [1.165, 1.54) is 22.3 Å². The Kier molecular flexibility index (Phi) is 6.69. The maximum absolute atomic E-state index is 11.7. The van der Waals surface area contributed by atoms with Gasteiger partial charge in [0.15, 0.2) is 11.5 Å². The van der Waals surface area contributed by atoms with Crippen molar-refractivity contribution in [2.45, 2.75) is 19.8 Å². The number of carbonyl (C=O) groups is 1. The van der Waals surface area contributed by atoms with Gasteiger partial charge in [0, 0.05) is 37.1 Å². The zero-order valence-corrected chi connectivity index (χ0v) is 19.7.